The Hall–Kier alpha value is -1.89. The van der Waals surface area contributed by atoms with Crippen LogP contribution in [0, 0.1) is 16.4 Å². The molecule has 2 aromatic carbocycles. The van der Waals surface area contributed by atoms with E-state index in [1.165, 1.54) is 0 Å². The van der Waals surface area contributed by atoms with Gasteiger partial charge in [-0.25, -0.2) is 9.59 Å². The number of carbonyl (C=O) groups is 2. The van der Waals surface area contributed by atoms with Crippen molar-refractivity contribution in [1.82, 2.24) is 0 Å². The smallest absolute Gasteiger partial charge is 0.338 e. The van der Waals surface area contributed by atoms with E-state index in [1.54, 1.807) is 24.3 Å². The van der Waals surface area contributed by atoms with Gasteiger partial charge in [-0.05, 0) is 104 Å². The molecule has 28 heavy (non-hydrogen) atoms. The van der Waals surface area contributed by atoms with Gasteiger partial charge in [0.1, 0.15) is 6.10 Å². The molecule has 0 bridgehead atoms. The van der Waals surface area contributed by atoms with Gasteiger partial charge in [0.25, 0.3) is 0 Å². The van der Waals surface area contributed by atoms with Crippen molar-refractivity contribution in [2.45, 2.75) is 45.1 Å². The van der Waals surface area contributed by atoms with E-state index < -0.39 is 0 Å². The summed E-state index contributed by atoms with van der Waals surface area (Å²) in [5.41, 5.74) is 2.32. The first kappa shape index (κ1) is 20.8. The highest BCUT2D eigenvalue weighted by Crippen LogP contribution is 2.29. The van der Waals surface area contributed by atoms with Crippen LogP contribution in [0.1, 0.15) is 58.4 Å². The summed E-state index contributed by atoms with van der Waals surface area (Å²) in [6.07, 6.45) is 4.56. The summed E-state index contributed by atoms with van der Waals surface area (Å²) in [5, 5.41) is 0. The highest BCUT2D eigenvalue weighted by molar-refractivity contribution is 14.1. The van der Waals surface area contributed by atoms with Gasteiger partial charge in [-0.1, -0.05) is 17.7 Å². The number of carbonyl (C=O) groups excluding carboxylic acids is 2. The average Bonchev–Trinajstić information content (AvgIpc) is 2.70. The maximum absolute atomic E-state index is 12.2. The molecule has 0 unspecified atom stereocenters. The zero-order valence-electron chi connectivity index (χ0n) is 16.0. The van der Waals surface area contributed by atoms with Gasteiger partial charge in [0.2, 0.25) is 0 Å². The van der Waals surface area contributed by atoms with Crippen molar-refractivity contribution < 1.29 is 19.1 Å². The van der Waals surface area contributed by atoms with Crippen LogP contribution in [0.5, 0.6) is 0 Å². The Labute approximate surface area is 179 Å². The first-order valence-electron chi connectivity index (χ1n) is 9.71. The molecule has 1 saturated carbocycles. The fourth-order valence-corrected chi connectivity index (χ4v) is 3.79. The van der Waals surface area contributed by atoms with Gasteiger partial charge in [-0.3, -0.25) is 0 Å². The second-order valence-electron chi connectivity index (χ2n) is 7.35. The van der Waals surface area contributed by atoms with Gasteiger partial charge in [0, 0.05) is 3.57 Å². The normalized spacial score (nSPS) is 19.1. The average molecular weight is 492 g/mol. The van der Waals surface area contributed by atoms with Crippen LogP contribution in [0.15, 0.2) is 48.5 Å². The van der Waals surface area contributed by atoms with Gasteiger partial charge >= 0.3 is 11.9 Å². The highest BCUT2D eigenvalue weighted by Gasteiger charge is 2.24. The molecule has 0 aliphatic heterocycles. The number of halogens is 1. The Kier molecular flexibility index (Phi) is 7.48. The van der Waals surface area contributed by atoms with Crippen LogP contribution in [-0.2, 0) is 9.47 Å². The molecule has 4 nitrogen and oxygen atoms in total. The monoisotopic (exact) mass is 492 g/mol. The molecular weight excluding hydrogens is 467 g/mol. The van der Waals surface area contributed by atoms with Gasteiger partial charge in [-0.15, -0.1) is 0 Å². The van der Waals surface area contributed by atoms with Crippen molar-refractivity contribution in [3.63, 3.8) is 0 Å². The van der Waals surface area contributed by atoms with Crippen molar-refractivity contribution in [2.75, 3.05) is 6.61 Å². The quantitative estimate of drug-likeness (QED) is 0.391. The molecule has 0 spiro atoms. The Morgan fingerprint density at radius 2 is 1.46 bits per heavy atom. The summed E-state index contributed by atoms with van der Waals surface area (Å²) in [5.74, 6) is 0.00564. The molecule has 0 N–H and O–H groups in total. The zero-order valence-corrected chi connectivity index (χ0v) is 18.2. The molecular formula is C23H25IO4. The molecule has 148 valence electrons. The third kappa shape index (κ3) is 6.06. The molecule has 0 radical (unpaired) electrons. The lowest BCUT2D eigenvalue weighted by Gasteiger charge is -2.28. The Morgan fingerprint density at radius 1 is 0.893 bits per heavy atom. The minimum atomic E-state index is -0.264. The van der Waals surface area contributed by atoms with Crippen LogP contribution >= 0.6 is 22.6 Å². The van der Waals surface area contributed by atoms with Crippen LogP contribution in [-0.4, -0.2) is 24.6 Å². The third-order valence-corrected chi connectivity index (χ3v) is 5.91. The minimum Gasteiger partial charge on any atom is -0.462 e. The van der Waals surface area contributed by atoms with Crippen molar-refractivity contribution in [3.05, 3.63) is 68.8 Å². The first-order valence-corrected chi connectivity index (χ1v) is 10.8. The second-order valence-corrected chi connectivity index (χ2v) is 8.59. The Bertz CT molecular complexity index is 790. The minimum absolute atomic E-state index is 0.0156. The standard InChI is InChI=1S/C23H25IO4/c1-16-2-6-18(7-3-16)22(25)27-15-14-17-4-12-21(13-5-17)28-23(26)19-8-10-20(24)11-9-19/h2-3,6-11,17,21H,4-5,12-15H2,1H3. The number of rotatable bonds is 6. The van der Waals surface area contributed by atoms with Crippen LogP contribution in [0.25, 0.3) is 0 Å². The summed E-state index contributed by atoms with van der Waals surface area (Å²) < 4.78 is 12.1. The lowest BCUT2D eigenvalue weighted by Crippen LogP contribution is -2.25. The maximum Gasteiger partial charge on any atom is 0.338 e. The van der Waals surface area contributed by atoms with Crippen LogP contribution < -0.4 is 0 Å². The second kappa shape index (κ2) is 10.0. The van der Waals surface area contributed by atoms with E-state index in [9.17, 15) is 9.59 Å². The van der Waals surface area contributed by atoms with Gasteiger partial charge in [0.15, 0.2) is 0 Å². The van der Waals surface area contributed by atoms with E-state index in [2.05, 4.69) is 22.6 Å². The summed E-state index contributed by atoms with van der Waals surface area (Å²) in [6.45, 7) is 2.42. The molecule has 1 aliphatic carbocycles. The van der Waals surface area contributed by atoms with Crippen LogP contribution in [0.3, 0.4) is 0 Å². The molecule has 0 heterocycles. The summed E-state index contributed by atoms with van der Waals surface area (Å²) in [7, 11) is 0. The van der Waals surface area contributed by atoms with Crippen molar-refractivity contribution in [2.24, 2.45) is 5.92 Å². The first-order chi connectivity index (χ1) is 13.5. The number of hydrogen-bond acceptors (Lipinski definition) is 4. The highest BCUT2D eigenvalue weighted by atomic mass is 127. The van der Waals surface area contributed by atoms with E-state index in [-0.39, 0.29) is 18.0 Å². The van der Waals surface area contributed by atoms with E-state index in [1.807, 2.05) is 31.2 Å². The molecule has 0 atom stereocenters. The largest absolute Gasteiger partial charge is 0.462 e. The molecule has 0 amide bonds. The van der Waals surface area contributed by atoms with Crippen LogP contribution in [0.2, 0.25) is 0 Å². The summed E-state index contributed by atoms with van der Waals surface area (Å²) >= 11 is 2.21. The van der Waals surface area contributed by atoms with Crippen molar-refractivity contribution in [3.8, 4) is 0 Å². The number of aryl methyl sites for hydroxylation is 1. The topological polar surface area (TPSA) is 52.6 Å². The molecule has 3 rings (SSSR count). The number of benzene rings is 2. The van der Waals surface area contributed by atoms with Gasteiger partial charge in [-0.2, -0.15) is 0 Å². The van der Waals surface area contributed by atoms with Gasteiger partial charge < -0.3 is 9.47 Å². The molecule has 5 heteroatoms. The van der Waals surface area contributed by atoms with E-state index in [4.69, 9.17) is 9.47 Å². The van der Waals surface area contributed by atoms with Crippen LogP contribution in [0.4, 0.5) is 0 Å². The third-order valence-electron chi connectivity index (χ3n) is 5.19. The molecule has 2 aromatic rings. The molecule has 0 aromatic heterocycles. The lowest BCUT2D eigenvalue weighted by atomic mass is 9.85. The number of esters is 2. The van der Waals surface area contributed by atoms with Crippen molar-refractivity contribution >= 4 is 34.5 Å². The van der Waals surface area contributed by atoms with Gasteiger partial charge in [0.05, 0.1) is 17.7 Å². The lowest BCUT2D eigenvalue weighted by molar-refractivity contribution is 0.0138. The predicted molar refractivity (Wildman–Crippen MR) is 116 cm³/mol. The predicted octanol–water partition coefficient (Wildman–Crippen LogP) is 5.56. The number of ether oxygens (including phenoxy) is 2. The SMILES string of the molecule is Cc1ccc(C(=O)OCCC2CCC(OC(=O)c3ccc(I)cc3)CC2)cc1. The zero-order chi connectivity index (χ0) is 19.9. The van der Waals surface area contributed by atoms with E-state index >= 15 is 0 Å². The summed E-state index contributed by atoms with van der Waals surface area (Å²) in [4.78, 5) is 24.3. The van der Waals surface area contributed by atoms with E-state index in [0.29, 0.717) is 23.7 Å². The maximum atomic E-state index is 12.2. The van der Waals surface area contributed by atoms with Crippen molar-refractivity contribution in [1.29, 1.82) is 0 Å². The summed E-state index contributed by atoms with van der Waals surface area (Å²) in [6, 6.07) is 14.8. The Morgan fingerprint density at radius 3 is 2.11 bits per heavy atom. The molecule has 1 aliphatic rings. The number of hydrogen-bond donors (Lipinski definition) is 0. The fraction of sp³-hybridized carbons (Fsp3) is 0.391. The fourth-order valence-electron chi connectivity index (χ4n) is 3.44. The Balaban J connectivity index is 1.36. The molecule has 1 fully saturated rings. The van der Waals surface area contributed by atoms with E-state index in [0.717, 1.165) is 41.2 Å². The molecule has 0 saturated heterocycles.